The summed E-state index contributed by atoms with van der Waals surface area (Å²) in [5.74, 6) is 2.08. The molecule has 0 bridgehead atoms. The van der Waals surface area contributed by atoms with E-state index in [0.717, 1.165) is 24.5 Å². The first-order valence-corrected chi connectivity index (χ1v) is 6.97. The van der Waals surface area contributed by atoms with Crippen LogP contribution in [-0.4, -0.2) is 11.5 Å². The van der Waals surface area contributed by atoms with Crippen LogP contribution in [0.1, 0.15) is 30.9 Å². The van der Waals surface area contributed by atoms with Gasteiger partial charge >= 0.3 is 0 Å². The van der Waals surface area contributed by atoms with Gasteiger partial charge in [-0.25, -0.2) is 4.98 Å². The van der Waals surface area contributed by atoms with Crippen molar-refractivity contribution in [3.05, 3.63) is 47.5 Å². The number of pyridine rings is 1. The second-order valence-corrected chi connectivity index (χ2v) is 5.29. The molecule has 0 atom stereocenters. The molecule has 0 aliphatic heterocycles. The van der Waals surface area contributed by atoms with Gasteiger partial charge in [0.05, 0.1) is 6.26 Å². The lowest BCUT2D eigenvalue weighted by molar-refractivity contribution is 0.260. The summed E-state index contributed by atoms with van der Waals surface area (Å²) >= 11 is 0. The van der Waals surface area contributed by atoms with E-state index >= 15 is 0 Å². The van der Waals surface area contributed by atoms with Crippen molar-refractivity contribution < 1.29 is 9.15 Å². The van der Waals surface area contributed by atoms with E-state index in [1.54, 1.807) is 6.26 Å². The Hall–Kier alpha value is -1.81. The normalized spacial score (nSPS) is 11.0. The minimum atomic E-state index is 0.407. The van der Waals surface area contributed by atoms with Crippen LogP contribution in [0.4, 0.5) is 0 Å². The Kier molecular flexibility index (Phi) is 5.18. The fourth-order valence-electron chi connectivity index (χ4n) is 1.87. The summed E-state index contributed by atoms with van der Waals surface area (Å²) in [6.07, 6.45) is 1.64. The molecular weight excluding hydrogens is 252 g/mol. The van der Waals surface area contributed by atoms with E-state index < -0.39 is 0 Å². The zero-order chi connectivity index (χ0) is 14.4. The summed E-state index contributed by atoms with van der Waals surface area (Å²) in [7, 11) is 0. The van der Waals surface area contributed by atoms with Crippen molar-refractivity contribution in [3.8, 4) is 5.88 Å². The second kappa shape index (κ2) is 7.10. The maximum atomic E-state index is 5.60. The molecule has 108 valence electrons. The molecule has 0 unspecified atom stereocenters. The third kappa shape index (κ3) is 4.38. The first kappa shape index (κ1) is 14.6. The topological polar surface area (TPSA) is 47.3 Å². The maximum absolute atomic E-state index is 5.60. The molecule has 0 aromatic carbocycles. The molecule has 2 rings (SSSR count). The van der Waals surface area contributed by atoms with Gasteiger partial charge < -0.3 is 14.5 Å². The number of nitrogens with one attached hydrogen (secondary N) is 1. The van der Waals surface area contributed by atoms with Crippen molar-refractivity contribution in [2.75, 3.05) is 6.54 Å². The number of aromatic nitrogens is 1. The van der Waals surface area contributed by atoms with Crippen molar-refractivity contribution >= 4 is 0 Å². The van der Waals surface area contributed by atoms with Crippen LogP contribution in [-0.2, 0) is 13.2 Å². The molecule has 0 spiro atoms. The molecule has 20 heavy (non-hydrogen) atoms. The summed E-state index contributed by atoms with van der Waals surface area (Å²) in [5, 5.41) is 3.42. The standard InChI is InChI=1S/C16H22N2O2/c1-12(2)9-17-10-14-6-7-16(18-13(14)3)20-11-15-5-4-8-19-15/h4-8,12,17H,9-11H2,1-3H3. The molecule has 2 aromatic heterocycles. The molecule has 2 heterocycles. The fourth-order valence-corrected chi connectivity index (χ4v) is 1.87. The Balaban J connectivity index is 1.88. The van der Waals surface area contributed by atoms with E-state index in [2.05, 4.69) is 30.2 Å². The van der Waals surface area contributed by atoms with Crippen LogP contribution in [0, 0.1) is 12.8 Å². The second-order valence-electron chi connectivity index (χ2n) is 5.29. The molecule has 4 heteroatoms. The van der Waals surface area contributed by atoms with E-state index in [-0.39, 0.29) is 0 Å². The third-order valence-electron chi connectivity index (χ3n) is 2.98. The van der Waals surface area contributed by atoms with Crippen molar-refractivity contribution in [2.24, 2.45) is 5.92 Å². The van der Waals surface area contributed by atoms with E-state index in [0.29, 0.717) is 18.4 Å². The van der Waals surface area contributed by atoms with Gasteiger partial charge in [0.15, 0.2) is 0 Å². The molecule has 0 amide bonds. The van der Waals surface area contributed by atoms with Gasteiger partial charge in [0.2, 0.25) is 5.88 Å². The largest absolute Gasteiger partial charge is 0.469 e. The van der Waals surface area contributed by atoms with Crippen molar-refractivity contribution in [2.45, 2.75) is 33.9 Å². The first-order valence-electron chi connectivity index (χ1n) is 6.97. The van der Waals surface area contributed by atoms with Crippen molar-refractivity contribution in [3.63, 3.8) is 0 Å². The first-order chi connectivity index (χ1) is 9.65. The van der Waals surface area contributed by atoms with E-state index in [4.69, 9.17) is 9.15 Å². The minimum Gasteiger partial charge on any atom is -0.469 e. The van der Waals surface area contributed by atoms with Crippen LogP contribution in [0.5, 0.6) is 5.88 Å². The summed E-state index contributed by atoms with van der Waals surface area (Å²) < 4.78 is 10.8. The van der Waals surface area contributed by atoms with Gasteiger partial charge in [0.25, 0.3) is 0 Å². The summed E-state index contributed by atoms with van der Waals surface area (Å²) in [6, 6.07) is 7.70. The lowest BCUT2D eigenvalue weighted by Gasteiger charge is -2.10. The third-order valence-corrected chi connectivity index (χ3v) is 2.98. The quantitative estimate of drug-likeness (QED) is 0.841. The highest BCUT2D eigenvalue weighted by atomic mass is 16.5. The zero-order valence-electron chi connectivity index (χ0n) is 12.3. The highest BCUT2D eigenvalue weighted by Gasteiger charge is 2.04. The summed E-state index contributed by atoms with van der Waals surface area (Å²) in [4.78, 5) is 4.47. The summed E-state index contributed by atoms with van der Waals surface area (Å²) in [6.45, 7) is 8.66. The lowest BCUT2D eigenvalue weighted by atomic mass is 10.2. The van der Waals surface area contributed by atoms with E-state index in [9.17, 15) is 0 Å². The minimum absolute atomic E-state index is 0.407. The summed E-state index contributed by atoms with van der Waals surface area (Å²) in [5.41, 5.74) is 2.20. The van der Waals surface area contributed by atoms with Gasteiger partial charge in [-0.2, -0.15) is 0 Å². The zero-order valence-corrected chi connectivity index (χ0v) is 12.3. The molecule has 4 nitrogen and oxygen atoms in total. The highest BCUT2D eigenvalue weighted by Crippen LogP contribution is 2.14. The van der Waals surface area contributed by atoms with Crippen LogP contribution in [0.15, 0.2) is 34.9 Å². The van der Waals surface area contributed by atoms with Gasteiger partial charge in [-0.05, 0) is 37.1 Å². The Labute approximate surface area is 120 Å². The monoisotopic (exact) mass is 274 g/mol. The fraction of sp³-hybridized carbons (Fsp3) is 0.438. The predicted molar refractivity (Wildman–Crippen MR) is 78.6 cm³/mol. The van der Waals surface area contributed by atoms with Crippen LogP contribution < -0.4 is 10.1 Å². The highest BCUT2D eigenvalue weighted by molar-refractivity contribution is 5.25. The number of ether oxygens (including phenoxy) is 1. The van der Waals surface area contributed by atoms with Crippen LogP contribution in [0.2, 0.25) is 0 Å². The molecular formula is C16H22N2O2. The Bertz CT molecular complexity index is 521. The van der Waals surface area contributed by atoms with E-state index in [1.165, 1.54) is 5.56 Å². The van der Waals surface area contributed by atoms with Gasteiger partial charge in [0.1, 0.15) is 12.4 Å². The number of hydrogen-bond donors (Lipinski definition) is 1. The molecule has 0 fully saturated rings. The van der Waals surface area contributed by atoms with Gasteiger partial charge in [-0.3, -0.25) is 0 Å². The number of rotatable bonds is 7. The van der Waals surface area contributed by atoms with Crippen molar-refractivity contribution in [1.29, 1.82) is 0 Å². The van der Waals surface area contributed by atoms with Crippen molar-refractivity contribution in [1.82, 2.24) is 10.3 Å². The molecule has 0 saturated carbocycles. The molecule has 0 aliphatic rings. The van der Waals surface area contributed by atoms with Gasteiger partial charge in [-0.15, -0.1) is 0 Å². The smallest absolute Gasteiger partial charge is 0.213 e. The Morgan fingerprint density at radius 1 is 1.30 bits per heavy atom. The number of nitrogens with zero attached hydrogens (tertiary/aromatic N) is 1. The van der Waals surface area contributed by atoms with Crippen LogP contribution in [0.3, 0.4) is 0 Å². The average molecular weight is 274 g/mol. The van der Waals surface area contributed by atoms with Gasteiger partial charge in [-0.1, -0.05) is 19.9 Å². The molecule has 0 aliphatic carbocycles. The molecule has 0 radical (unpaired) electrons. The SMILES string of the molecule is Cc1nc(OCc2ccco2)ccc1CNCC(C)C. The van der Waals surface area contributed by atoms with Crippen LogP contribution in [0.25, 0.3) is 0 Å². The Morgan fingerprint density at radius 3 is 2.80 bits per heavy atom. The molecule has 1 N–H and O–H groups in total. The van der Waals surface area contributed by atoms with E-state index in [1.807, 2.05) is 25.1 Å². The maximum Gasteiger partial charge on any atom is 0.213 e. The van der Waals surface area contributed by atoms with Crippen LogP contribution >= 0.6 is 0 Å². The van der Waals surface area contributed by atoms with Gasteiger partial charge in [0, 0.05) is 18.3 Å². The lowest BCUT2D eigenvalue weighted by Crippen LogP contribution is -2.19. The average Bonchev–Trinajstić information content (AvgIpc) is 2.91. The molecule has 0 saturated heterocycles. The molecule has 2 aromatic rings. The number of furan rings is 1. The Morgan fingerprint density at radius 2 is 2.15 bits per heavy atom. The number of hydrogen-bond acceptors (Lipinski definition) is 4. The predicted octanol–water partition coefficient (Wildman–Crippen LogP) is 3.31. The number of aryl methyl sites for hydroxylation is 1.